The molecule has 3 N–H and O–H groups in total. The minimum absolute atomic E-state index is 0.0975. The van der Waals surface area contributed by atoms with Gasteiger partial charge in [0, 0.05) is 17.5 Å². The largest absolute Gasteiger partial charge is 0.392 e. The van der Waals surface area contributed by atoms with Crippen molar-refractivity contribution in [3.8, 4) is 0 Å². The number of hydrogen-bond acceptors (Lipinski definition) is 2. The van der Waals surface area contributed by atoms with E-state index in [4.69, 9.17) is 17.3 Å². The molecule has 0 bridgehead atoms. The molecule has 1 aliphatic carbocycles. The number of hydrogen-bond donors (Lipinski definition) is 2. The van der Waals surface area contributed by atoms with Gasteiger partial charge in [0.05, 0.1) is 6.10 Å². The Morgan fingerprint density at radius 3 is 2.16 bits per heavy atom. The van der Waals surface area contributed by atoms with Gasteiger partial charge in [0.2, 0.25) is 0 Å². The molecule has 2 rings (SSSR count). The summed E-state index contributed by atoms with van der Waals surface area (Å²) in [6, 6.07) is 7.66. The molecule has 1 aliphatic rings. The molecule has 2 atom stereocenters. The number of aliphatic hydroxyl groups is 1. The molecule has 3 heteroatoms. The van der Waals surface area contributed by atoms with E-state index in [1.807, 2.05) is 24.3 Å². The second-order valence-electron chi connectivity index (χ2n) is 6.78. The van der Waals surface area contributed by atoms with Gasteiger partial charge in [0.25, 0.3) is 0 Å². The van der Waals surface area contributed by atoms with Crippen LogP contribution in [0.5, 0.6) is 0 Å². The van der Waals surface area contributed by atoms with Crippen LogP contribution in [0.2, 0.25) is 5.02 Å². The average Bonchev–Trinajstić information content (AvgIpc) is 2.73. The first kappa shape index (κ1) is 14.8. The van der Waals surface area contributed by atoms with Gasteiger partial charge in [0.1, 0.15) is 0 Å². The molecule has 1 aromatic carbocycles. The van der Waals surface area contributed by atoms with Crippen molar-refractivity contribution >= 4 is 11.6 Å². The van der Waals surface area contributed by atoms with E-state index in [2.05, 4.69) is 27.7 Å². The van der Waals surface area contributed by atoms with Crippen molar-refractivity contribution in [3.05, 3.63) is 34.9 Å². The summed E-state index contributed by atoms with van der Waals surface area (Å²) in [6.45, 7) is 9.25. The molecule has 0 spiro atoms. The lowest BCUT2D eigenvalue weighted by atomic mass is 9.88. The van der Waals surface area contributed by atoms with Gasteiger partial charge in [-0.05, 0) is 28.4 Å². The zero-order chi connectivity index (χ0) is 14.4. The van der Waals surface area contributed by atoms with Gasteiger partial charge in [-0.25, -0.2) is 0 Å². The van der Waals surface area contributed by atoms with Crippen molar-refractivity contribution in [3.63, 3.8) is 0 Å². The zero-order valence-electron chi connectivity index (χ0n) is 12.2. The van der Waals surface area contributed by atoms with Crippen LogP contribution in [0.3, 0.4) is 0 Å². The van der Waals surface area contributed by atoms with Gasteiger partial charge in [-0.3, -0.25) is 0 Å². The van der Waals surface area contributed by atoms with Gasteiger partial charge in [-0.1, -0.05) is 57.5 Å². The van der Waals surface area contributed by atoms with Crippen molar-refractivity contribution in [1.82, 2.24) is 0 Å². The molecule has 106 valence electrons. The fourth-order valence-electron chi connectivity index (χ4n) is 3.56. The minimum Gasteiger partial charge on any atom is -0.392 e. The van der Waals surface area contributed by atoms with E-state index in [0.717, 1.165) is 5.56 Å². The van der Waals surface area contributed by atoms with Crippen LogP contribution in [-0.2, 0) is 0 Å². The molecular formula is C16H24ClNO. The summed E-state index contributed by atoms with van der Waals surface area (Å²) in [4.78, 5) is 0. The van der Waals surface area contributed by atoms with E-state index in [0.29, 0.717) is 11.6 Å². The molecule has 1 aromatic rings. The minimum atomic E-state index is -0.449. The lowest BCUT2D eigenvalue weighted by Gasteiger charge is -2.24. The van der Waals surface area contributed by atoms with Gasteiger partial charge in [0.15, 0.2) is 0 Å². The predicted octanol–water partition coefficient (Wildman–Crippen LogP) is 3.43. The van der Waals surface area contributed by atoms with Crippen molar-refractivity contribution in [1.29, 1.82) is 0 Å². The fourth-order valence-corrected chi connectivity index (χ4v) is 3.84. The second kappa shape index (κ2) is 4.76. The van der Waals surface area contributed by atoms with Gasteiger partial charge < -0.3 is 10.8 Å². The smallest absolute Gasteiger partial charge is 0.0660 e. The number of rotatable bonds is 4. The van der Waals surface area contributed by atoms with Crippen LogP contribution in [-0.4, -0.2) is 17.8 Å². The average molecular weight is 282 g/mol. The van der Waals surface area contributed by atoms with Crippen LogP contribution in [0, 0.1) is 16.7 Å². The van der Waals surface area contributed by atoms with E-state index >= 15 is 0 Å². The number of aliphatic hydroxyl groups excluding tert-OH is 1. The molecule has 19 heavy (non-hydrogen) atoms. The highest BCUT2D eigenvalue weighted by Gasteiger charge is 2.67. The highest BCUT2D eigenvalue weighted by atomic mass is 35.5. The first-order valence-electron chi connectivity index (χ1n) is 6.87. The SMILES string of the molecule is CC1(C)C(C(O)C(CN)c2ccccc2Cl)C1(C)C. The molecule has 0 aromatic heterocycles. The van der Waals surface area contributed by atoms with E-state index in [1.165, 1.54) is 0 Å². The predicted molar refractivity (Wildman–Crippen MR) is 80.3 cm³/mol. The first-order chi connectivity index (χ1) is 8.75. The van der Waals surface area contributed by atoms with Gasteiger partial charge >= 0.3 is 0 Å². The topological polar surface area (TPSA) is 46.2 Å². The molecule has 0 saturated heterocycles. The maximum atomic E-state index is 10.8. The van der Waals surface area contributed by atoms with Crippen molar-refractivity contribution in [2.24, 2.45) is 22.5 Å². The Balaban J connectivity index is 2.28. The van der Waals surface area contributed by atoms with Crippen LogP contribution in [0.25, 0.3) is 0 Å². The lowest BCUT2D eigenvalue weighted by Crippen LogP contribution is -2.30. The Morgan fingerprint density at radius 1 is 1.21 bits per heavy atom. The van der Waals surface area contributed by atoms with E-state index in [9.17, 15) is 5.11 Å². The van der Waals surface area contributed by atoms with Crippen LogP contribution >= 0.6 is 11.6 Å². The molecular weight excluding hydrogens is 258 g/mol. The monoisotopic (exact) mass is 281 g/mol. The summed E-state index contributed by atoms with van der Waals surface area (Å²) >= 11 is 6.24. The van der Waals surface area contributed by atoms with E-state index in [1.54, 1.807) is 0 Å². The number of benzene rings is 1. The van der Waals surface area contributed by atoms with Gasteiger partial charge in [-0.2, -0.15) is 0 Å². The molecule has 0 radical (unpaired) electrons. The third kappa shape index (κ3) is 2.20. The molecule has 1 saturated carbocycles. The molecule has 1 fully saturated rings. The third-order valence-corrected chi connectivity index (χ3v) is 5.79. The molecule has 2 nitrogen and oxygen atoms in total. The van der Waals surface area contributed by atoms with E-state index in [-0.39, 0.29) is 22.7 Å². The third-order valence-electron chi connectivity index (χ3n) is 5.44. The lowest BCUT2D eigenvalue weighted by molar-refractivity contribution is 0.102. The highest BCUT2D eigenvalue weighted by Crippen LogP contribution is 2.70. The number of halogens is 1. The quantitative estimate of drug-likeness (QED) is 0.888. The Hall–Kier alpha value is -0.570. The van der Waals surface area contributed by atoms with Crippen molar-refractivity contribution < 1.29 is 5.11 Å². The summed E-state index contributed by atoms with van der Waals surface area (Å²) < 4.78 is 0. The summed E-state index contributed by atoms with van der Waals surface area (Å²) in [5, 5.41) is 11.4. The molecule has 0 amide bonds. The van der Waals surface area contributed by atoms with Gasteiger partial charge in [-0.15, -0.1) is 0 Å². The van der Waals surface area contributed by atoms with Crippen molar-refractivity contribution in [2.45, 2.75) is 39.7 Å². The normalized spacial score (nSPS) is 23.9. The fraction of sp³-hybridized carbons (Fsp3) is 0.625. The second-order valence-corrected chi connectivity index (χ2v) is 7.18. The maximum absolute atomic E-state index is 10.8. The van der Waals surface area contributed by atoms with Crippen LogP contribution in [0.1, 0.15) is 39.2 Å². The Labute approximate surface area is 121 Å². The van der Waals surface area contributed by atoms with Crippen LogP contribution < -0.4 is 5.73 Å². The zero-order valence-corrected chi connectivity index (χ0v) is 12.9. The summed E-state index contributed by atoms with van der Waals surface area (Å²) in [6.07, 6.45) is -0.449. The Morgan fingerprint density at radius 2 is 1.74 bits per heavy atom. The van der Waals surface area contributed by atoms with Crippen LogP contribution in [0.4, 0.5) is 0 Å². The summed E-state index contributed by atoms with van der Waals surface area (Å²) in [7, 11) is 0. The Bertz CT molecular complexity index is 456. The van der Waals surface area contributed by atoms with E-state index < -0.39 is 6.10 Å². The molecule has 0 heterocycles. The first-order valence-corrected chi connectivity index (χ1v) is 7.25. The van der Waals surface area contributed by atoms with Crippen LogP contribution in [0.15, 0.2) is 24.3 Å². The van der Waals surface area contributed by atoms with Crippen molar-refractivity contribution in [2.75, 3.05) is 6.54 Å². The number of nitrogens with two attached hydrogens (primary N) is 1. The highest BCUT2D eigenvalue weighted by molar-refractivity contribution is 6.31. The standard InChI is InChI=1S/C16H24ClNO/c1-15(2)14(16(15,3)4)13(19)11(9-18)10-7-5-6-8-12(10)17/h5-8,11,13-14,19H,9,18H2,1-4H3. The maximum Gasteiger partial charge on any atom is 0.0660 e. The summed E-state index contributed by atoms with van der Waals surface area (Å²) in [5.74, 6) is 0.157. The summed E-state index contributed by atoms with van der Waals surface area (Å²) in [5.41, 5.74) is 7.13. The Kier molecular flexibility index (Phi) is 3.72. The molecule has 2 unspecified atom stereocenters. The molecule has 0 aliphatic heterocycles.